The molecular formula is C20H21N3O2. The first-order chi connectivity index (χ1) is 12.2. The predicted octanol–water partition coefficient (Wildman–Crippen LogP) is 2.55. The maximum Gasteiger partial charge on any atom is 0.223 e. The highest BCUT2D eigenvalue weighted by Gasteiger charge is 2.22. The molecule has 0 aromatic heterocycles. The second kappa shape index (κ2) is 7.71. The molecule has 0 unspecified atom stereocenters. The lowest BCUT2D eigenvalue weighted by Crippen LogP contribution is -2.48. The smallest absolute Gasteiger partial charge is 0.223 e. The van der Waals surface area contributed by atoms with Gasteiger partial charge in [0.05, 0.1) is 17.3 Å². The van der Waals surface area contributed by atoms with Gasteiger partial charge in [-0.25, -0.2) is 0 Å². The minimum absolute atomic E-state index is 0.154. The van der Waals surface area contributed by atoms with Gasteiger partial charge in [-0.15, -0.1) is 0 Å². The number of aryl methyl sites for hydroxylation is 1. The molecular weight excluding hydrogens is 314 g/mol. The molecule has 3 rings (SSSR count). The summed E-state index contributed by atoms with van der Waals surface area (Å²) >= 11 is 0. The molecule has 5 heteroatoms. The van der Waals surface area contributed by atoms with Crippen LogP contribution in [0.3, 0.4) is 0 Å². The van der Waals surface area contributed by atoms with Crippen molar-refractivity contribution in [1.82, 2.24) is 4.90 Å². The number of aromatic hydroxyl groups is 1. The lowest BCUT2D eigenvalue weighted by molar-refractivity contribution is -0.131. The third kappa shape index (κ3) is 4.10. The van der Waals surface area contributed by atoms with Crippen LogP contribution in [0.4, 0.5) is 5.69 Å². The van der Waals surface area contributed by atoms with Crippen LogP contribution in [0.1, 0.15) is 17.5 Å². The molecule has 0 saturated carbocycles. The first-order valence-corrected chi connectivity index (χ1v) is 8.47. The second-order valence-corrected chi connectivity index (χ2v) is 6.17. The summed E-state index contributed by atoms with van der Waals surface area (Å²) in [4.78, 5) is 16.4. The number of hydrogen-bond donors (Lipinski definition) is 1. The van der Waals surface area contributed by atoms with Crippen LogP contribution in [-0.2, 0) is 11.2 Å². The molecule has 128 valence electrons. The topological polar surface area (TPSA) is 67.6 Å². The van der Waals surface area contributed by atoms with Crippen LogP contribution in [0, 0.1) is 11.3 Å². The molecule has 1 saturated heterocycles. The van der Waals surface area contributed by atoms with Crippen molar-refractivity contribution in [3.05, 3.63) is 59.7 Å². The molecule has 0 atom stereocenters. The van der Waals surface area contributed by atoms with Crippen LogP contribution in [0.25, 0.3) is 0 Å². The minimum atomic E-state index is 0.154. The Labute approximate surface area is 147 Å². The highest BCUT2D eigenvalue weighted by Crippen LogP contribution is 2.27. The standard InChI is InChI=1S/C20H21N3O2/c21-15-17-7-5-16(6-8-17)9-10-20(25)23-13-11-22(12-14-23)18-3-1-2-4-19(18)24/h1-8,24H,9-14H2. The zero-order chi connectivity index (χ0) is 17.6. The third-order valence-corrected chi connectivity index (χ3v) is 4.57. The van der Waals surface area contributed by atoms with E-state index in [1.165, 1.54) is 0 Å². The fourth-order valence-corrected chi connectivity index (χ4v) is 3.08. The Morgan fingerprint density at radius 2 is 1.72 bits per heavy atom. The van der Waals surface area contributed by atoms with E-state index in [4.69, 9.17) is 5.26 Å². The fourth-order valence-electron chi connectivity index (χ4n) is 3.08. The van der Waals surface area contributed by atoms with Gasteiger partial charge in [0, 0.05) is 32.6 Å². The van der Waals surface area contributed by atoms with Gasteiger partial charge in [-0.2, -0.15) is 5.26 Å². The van der Waals surface area contributed by atoms with E-state index < -0.39 is 0 Å². The van der Waals surface area contributed by atoms with E-state index in [1.807, 2.05) is 35.2 Å². The van der Waals surface area contributed by atoms with Gasteiger partial charge in [0.25, 0.3) is 0 Å². The number of phenols is 1. The average Bonchev–Trinajstić information content (AvgIpc) is 2.67. The number of benzene rings is 2. The number of nitriles is 1. The van der Waals surface area contributed by atoms with Crippen molar-refractivity contribution in [3.8, 4) is 11.8 Å². The van der Waals surface area contributed by atoms with Crippen molar-refractivity contribution in [2.45, 2.75) is 12.8 Å². The minimum Gasteiger partial charge on any atom is -0.506 e. The van der Waals surface area contributed by atoms with E-state index in [0.717, 1.165) is 24.3 Å². The lowest BCUT2D eigenvalue weighted by Gasteiger charge is -2.36. The molecule has 1 fully saturated rings. The Hall–Kier alpha value is -3.00. The van der Waals surface area contributed by atoms with E-state index in [9.17, 15) is 9.90 Å². The second-order valence-electron chi connectivity index (χ2n) is 6.17. The molecule has 1 amide bonds. The van der Waals surface area contributed by atoms with E-state index >= 15 is 0 Å². The van der Waals surface area contributed by atoms with Crippen molar-refractivity contribution >= 4 is 11.6 Å². The number of carbonyl (C=O) groups is 1. The van der Waals surface area contributed by atoms with Crippen molar-refractivity contribution in [1.29, 1.82) is 5.26 Å². The van der Waals surface area contributed by atoms with Gasteiger partial charge in [-0.3, -0.25) is 4.79 Å². The van der Waals surface area contributed by atoms with Gasteiger partial charge in [0.2, 0.25) is 5.91 Å². The van der Waals surface area contributed by atoms with Crippen molar-refractivity contribution in [2.75, 3.05) is 31.1 Å². The van der Waals surface area contributed by atoms with Crippen LogP contribution in [0.15, 0.2) is 48.5 Å². The number of hydrogen-bond acceptors (Lipinski definition) is 4. The summed E-state index contributed by atoms with van der Waals surface area (Å²) < 4.78 is 0. The van der Waals surface area contributed by atoms with Gasteiger partial charge in [-0.1, -0.05) is 24.3 Å². The molecule has 0 bridgehead atoms. The molecule has 2 aromatic rings. The molecule has 2 aromatic carbocycles. The highest BCUT2D eigenvalue weighted by molar-refractivity contribution is 5.77. The summed E-state index contributed by atoms with van der Waals surface area (Å²) in [6.45, 7) is 2.78. The Morgan fingerprint density at radius 3 is 2.36 bits per heavy atom. The Morgan fingerprint density at radius 1 is 1.04 bits per heavy atom. The van der Waals surface area contributed by atoms with Gasteiger partial charge in [0.15, 0.2) is 0 Å². The van der Waals surface area contributed by atoms with Crippen LogP contribution in [0.2, 0.25) is 0 Å². The SMILES string of the molecule is N#Cc1ccc(CCC(=O)N2CCN(c3ccccc3O)CC2)cc1. The molecule has 1 aliphatic rings. The van der Waals surface area contributed by atoms with Gasteiger partial charge in [-0.05, 0) is 36.2 Å². The summed E-state index contributed by atoms with van der Waals surface area (Å²) in [7, 11) is 0. The normalized spacial score (nSPS) is 14.2. The van der Waals surface area contributed by atoms with Crippen molar-refractivity contribution in [2.24, 2.45) is 0 Å². The number of rotatable bonds is 4. The molecule has 25 heavy (non-hydrogen) atoms. The summed E-state index contributed by atoms with van der Waals surface area (Å²) in [6, 6.07) is 16.8. The van der Waals surface area contributed by atoms with Crippen molar-refractivity contribution < 1.29 is 9.90 Å². The largest absolute Gasteiger partial charge is 0.506 e. The number of nitrogens with zero attached hydrogens (tertiary/aromatic N) is 3. The molecule has 0 radical (unpaired) electrons. The van der Waals surface area contributed by atoms with E-state index in [1.54, 1.807) is 18.2 Å². The number of amides is 1. The van der Waals surface area contributed by atoms with Gasteiger partial charge in [0.1, 0.15) is 5.75 Å². The summed E-state index contributed by atoms with van der Waals surface area (Å²) in [5.41, 5.74) is 2.53. The zero-order valence-corrected chi connectivity index (χ0v) is 14.1. The van der Waals surface area contributed by atoms with Gasteiger partial charge < -0.3 is 14.9 Å². The maximum absolute atomic E-state index is 12.4. The Kier molecular flexibility index (Phi) is 5.20. The van der Waals surface area contributed by atoms with Crippen LogP contribution in [-0.4, -0.2) is 42.1 Å². The van der Waals surface area contributed by atoms with Crippen molar-refractivity contribution in [3.63, 3.8) is 0 Å². The van der Waals surface area contributed by atoms with E-state index in [0.29, 0.717) is 31.5 Å². The predicted molar refractivity (Wildman–Crippen MR) is 96.4 cm³/mol. The van der Waals surface area contributed by atoms with E-state index in [2.05, 4.69) is 11.0 Å². The third-order valence-electron chi connectivity index (χ3n) is 4.57. The molecule has 1 N–H and O–H groups in total. The number of piperazine rings is 1. The first-order valence-electron chi connectivity index (χ1n) is 8.47. The molecule has 1 aliphatic heterocycles. The maximum atomic E-state index is 12.4. The summed E-state index contributed by atoms with van der Waals surface area (Å²) in [6.07, 6.45) is 1.16. The molecule has 5 nitrogen and oxygen atoms in total. The monoisotopic (exact) mass is 335 g/mol. The summed E-state index contributed by atoms with van der Waals surface area (Å²) in [5.74, 6) is 0.435. The number of para-hydroxylation sites is 2. The molecule has 1 heterocycles. The fraction of sp³-hybridized carbons (Fsp3) is 0.300. The Bertz CT molecular complexity index is 772. The zero-order valence-electron chi connectivity index (χ0n) is 14.1. The number of carbonyl (C=O) groups excluding carboxylic acids is 1. The molecule has 0 aliphatic carbocycles. The van der Waals surface area contributed by atoms with E-state index in [-0.39, 0.29) is 11.7 Å². The average molecular weight is 335 g/mol. The van der Waals surface area contributed by atoms with Gasteiger partial charge >= 0.3 is 0 Å². The quantitative estimate of drug-likeness (QED) is 0.932. The van der Waals surface area contributed by atoms with Crippen LogP contribution < -0.4 is 4.90 Å². The number of phenolic OH excluding ortho intramolecular Hbond substituents is 1. The first kappa shape index (κ1) is 16.8. The molecule has 0 spiro atoms. The summed E-state index contributed by atoms with van der Waals surface area (Å²) in [5, 5.41) is 18.8. The van der Waals surface area contributed by atoms with Crippen LogP contribution in [0.5, 0.6) is 5.75 Å². The number of anilines is 1. The Balaban J connectivity index is 1.50. The highest BCUT2D eigenvalue weighted by atomic mass is 16.3. The van der Waals surface area contributed by atoms with Crippen LogP contribution >= 0.6 is 0 Å². The lowest BCUT2D eigenvalue weighted by atomic mass is 10.1.